The standard InChI is InChI=1S/C23H30ClN3O/c1-6-16(4)27(15(2)3)12-11-25-23-19-9-7-17(24)13-22(19)26-21-10-8-18(28-5)14-20(21)23/h7-10,13-16H,6,11-12H2,1-5H3,(H,25,26). The molecule has 28 heavy (non-hydrogen) atoms. The lowest BCUT2D eigenvalue weighted by Gasteiger charge is -2.32. The zero-order valence-corrected chi connectivity index (χ0v) is 18.2. The minimum atomic E-state index is 0.515. The highest BCUT2D eigenvalue weighted by Gasteiger charge is 2.16. The fraction of sp³-hybridized carbons (Fsp3) is 0.435. The summed E-state index contributed by atoms with van der Waals surface area (Å²) in [6, 6.07) is 13.0. The highest BCUT2D eigenvalue weighted by molar-refractivity contribution is 6.31. The van der Waals surface area contributed by atoms with Gasteiger partial charge in [-0.2, -0.15) is 0 Å². The summed E-state index contributed by atoms with van der Waals surface area (Å²) in [4.78, 5) is 7.33. The maximum atomic E-state index is 6.21. The molecule has 150 valence electrons. The summed E-state index contributed by atoms with van der Waals surface area (Å²) in [6.45, 7) is 10.9. The monoisotopic (exact) mass is 399 g/mol. The lowest BCUT2D eigenvalue weighted by atomic mass is 10.1. The van der Waals surface area contributed by atoms with Crippen LogP contribution in [0.1, 0.15) is 34.1 Å². The maximum absolute atomic E-state index is 6.21. The highest BCUT2D eigenvalue weighted by Crippen LogP contribution is 2.34. The summed E-state index contributed by atoms with van der Waals surface area (Å²) in [5, 5.41) is 6.52. The number of aromatic nitrogens is 1. The van der Waals surface area contributed by atoms with E-state index in [1.54, 1.807) is 7.11 Å². The Balaban J connectivity index is 1.99. The molecule has 0 saturated carbocycles. The second-order valence-electron chi connectivity index (χ2n) is 7.55. The van der Waals surface area contributed by atoms with Gasteiger partial charge in [-0.1, -0.05) is 18.5 Å². The number of pyridine rings is 1. The Kier molecular flexibility index (Phi) is 6.63. The molecular formula is C23H30ClN3O. The van der Waals surface area contributed by atoms with Crippen molar-refractivity contribution in [1.29, 1.82) is 0 Å². The van der Waals surface area contributed by atoms with Gasteiger partial charge in [0.1, 0.15) is 5.75 Å². The molecule has 1 N–H and O–H groups in total. The zero-order chi connectivity index (χ0) is 20.3. The highest BCUT2D eigenvalue weighted by atomic mass is 35.5. The molecule has 4 nitrogen and oxygen atoms in total. The van der Waals surface area contributed by atoms with Gasteiger partial charge < -0.3 is 10.1 Å². The number of fused-ring (bicyclic) bond motifs is 2. The summed E-state index contributed by atoms with van der Waals surface area (Å²) in [7, 11) is 1.69. The molecule has 0 radical (unpaired) electrons. The van der Waals surface area contributed by atoms with Gasteiger partial charge in [0.05, 0.1) is 23.8 Å². The third kappa shape index (κ3) is 4.34. The van der Waals surface area contributed by atoms with E-state index < -0.39 is 0 Å². The molecule has 1 atom stereocenters. The summed E-state index contributed by atoms with van der Waals surface area (Å²) in [5.74, 6) is 0.828. The number of hydrogen-bond donors (Lipinski definition) is 1. The van der Waals surface area contributed by atoms with Crippen LogP contribution >= 0.6 is 11.6 Å². The first-order chi connectivity index (χ1) is 13.4. The first-order valence-corrected chi connectivity index (χ1v) is 10.4. The predicted molar refractivity (Wildman–Crippen MR) is 121 cm³/mol. The molecule has 0 fully saturated rings. The SMILES string of the molecule is CCC(C)N(CCNc1c2ccc(Cl)cc2nc2ccc(OC)cc12)C(C)C. The van der Waals surface area contributed by atoms with Crippen molar-refractivity contribution < 1.29 is 4.74 Å². The van der Waals surface area contributed by atoms with Crippen molar-refractivity contribution in [2.75, 3.05) is 25.5 Å². The molecular weight excluding hydrogens is 370 g/mol. The summed E-state index contributed by atoms with van der Waals surface area (Å²) in [5.41, 5.74) is 2.92. The quantitative estimate of drug-likeness (QED) is 0.473. The number of hydrogen-bond acceptors (Lipinski definition) is 4. The number of methoxy groups -OCH3 is 1. The molecule has 0 saturated heterocycles. The Labute approximate surface area is 172 Å². The normalized spacial score (nSPS) is 12.9. The fourth-order valence-corrected chi connectivity index (χ4v) is 3.91. The Morgan fingerprint density at radius 2 is 1.86 bits per heavy atom. The molecule has 0 aliphatic heterocycles. The van der Waals surface area contributed by atoms with Crippen LogP contribution in [0.15, 0.2) is 36.4 Å². The van der Waals surface area contributed by atoms with Crippen LogP contribution in [0.25, 0.3) is 21.8 Å². The van der Waals surface area contributed by atoms with Gasteiger partial charge in [-0.3, -0.25) is 4.90 Å². The van der Waals surface area contributed by atoms with Crippen LogP contribution in [0.5, 0.6) is 5.75 Å². The van der Waals surface area contributed by atoms with Crippen molar-refractivity contribution in [3.8, 4) is 5.75 Å². The molecule has 2 aromatic carbocycles. The van der Waals surface area contributed by atoms with Crippen LogP contribution in [-0.2, 0) is 0 Å². The van der Waals surface area contributed by atoms with Gasteiger partial charge in [-0.05, 0) is 63.6 Å². The van der Waals surface area contributed by atoms with Gasteiger partial charge in [0, 0.05) is 41.0 Å². The predicted octanol–water partition coefficient (Wildman–Crippen LogP) is 5.97. The third-order valence-corrected chi connectivity index (χ3v) is 5.67. The molecule has 0 spiro atoms. The van der Waals surface area contributed by atoms with Crippen molar-refractivity contribution in [3.63, 3.8) is 0 Å². The van der Waals surface area contributed by atoms with Crippen LogP contribution in [0.2, 0.25) is 5.02 Å². The molecule has 0 bridgehead atoms. The average Bonchev–Trinajstić information content (AvgIpc) is 2.69. The van der Waals surface area contributed by atoms with Crippen LogP contribution in [0.4, 0.5) is 5.69 Å². The minimum absolute atomic E-state index is 0.515. The molecule has 1 aromatic heterocycles. The van der Waals surface area contributed by atoms with Crippen molar-refractivity contribution in [2.24, 2.45) is 0 Å². The Morgan fingerprint density at radius 3 is 2.54 bits per heavy atom. The van der Waals surface area contributed by atoms with E-state index in [4.69, 9.17) is 21.3 Å². The fourth-order valence-electron chi connectivity index (χ4n) is 3.75. The van der Waals surface area contributed by atoms with E-state index >= 15 is 0 Å². The van der Waals surface area contributed by atoms with E-state index in [0.717, 1.165) is 52.8 Å². The lowest BCUT2D eigenvalue weighted by Crippen LogP contribution is -2.41. The van der Waals surface area contributed by atoms with Crippen molar-refractivity contribution in [2.45, 2.75) is 46.2 Å². The second-order valence-corrected chi connectivity index (χ2v) is 7.98. The smallest absolute Gasteiger partial charge is 0.119 e. The number of halogens is 1. The van der Waals surface area contributed by atoms with Crippen molar-refractivity contribution in [3.05, 3.63) is 41.4 Å². The summed E-state index contributed by atoms with van der Waals surface area (Å²) in [6.07, 6.45) is 1.15. The molecule has 1 unspecified atom stereocenters. The maximum Gasteiger partial charge on any atom is 0.119 e. The van der Waals surface area contributed by atoms with E-state index in [-0.39, 0.29) is 0 Å². The summed E-state index contributed by atoms with van der Waals surface area (Å²) >= 11 is 6.21. The molecule has 1 heterocycles. The van der Waals surface area contributed by atoms with E-state index in [2.05, 4.69) is 37.9 Å². The van der Waals surface area contributed by atoms with Crippen LogP contribution < -0.4 is 10.1 Å². The number of benzene rings is 2. The van der Waals surface area contributed by atoms with Gasteiger partial charge in [-0.15, -0.1) is 0 Å². The minimum Gasteiger partial charge on any atom is -0.497 e. The van der Waals surface area contributed by atoms with Crippen molar-refractivity contribution >= 4 is 39.1 Å². The topological polar surface area (TPSA) is 37.4 Å². The molecule has 0 aliphatic rings. The Hall–Kier alpha value is -2.04. The Bertz CT molecular complexity index is 957. The number of nitrogens with zero attached hydrogens (tertiary/aromatic N) is 2. The first-order valence-electron chi connectivity index (χ1n) is 10.0. The van der Waals surface area contributed by atoms with Gasteiger partial charge >= 0.3 is 0 Å². The van der Waals surface area contributed by atoms with Crippen LogP contribution in [-0.4, -0.2) is 42.2 Å². The van der Waals surface area contributed by atoms with Gasteiger partial charge in [0.2, 0.25) is 0 Å². The Morgan fingerprint density at radius 1 is 1.07 bits per heavy atom. The van der Waals surface area contributed by atoms with Gasteiger partial charge in [0.15, 0.2) is 0 Å². The third-order valence-electron chi connectivity index (χ3n) is 5.44. The number of nitrogens with one attached hydrogen (secondary N) is 1. The summed E-state index contributed by atoms with van der Waals surface area (Å²) < 4.78 is 5.44. The van der Waals surface area contributed by atoms with E-state index in [1.807, 2.05) is 36.4 Å². The van der Waals surface area contributed by atoms with Crippen LogP contribution in [0, 0.1) is 0 Å². The van der Waals surface area contributed by atoms with Crippen LogP contribution in [0.3, 0.4) is 0 Å². The molecule has 0 amide bonds. The zero-order valence-electron chi connectivity index (χ0n) is 17.4. The van der Waals surface area contributed by atoms with Gasteiger partial charge in [-0.25, -0.2) is 4.98 Å². The van der Waals surface area contributed by atoms with Crippen molar-refractivity contribution in [1.82, 2.24) is 9.88 Å². The van der Waals surface area contributed by atoms with E-state index in [1.165, 1.54) is 0 Å². The lowest BCUT2D eigenvalue weighted by molar-refractivity contribution is 0.167. The van der Waals surface area contributed by atoms with Gasteiger partial charge in [0.25, 0.3) is 0 Å². The number of anilines is 1. The molecule has 3 aromatic rings. The second kappa shape index (κ2) is 8.97. The first kappa shape index (κ1) is 20.7. The molecule has 5 heteroatoms. The number of ether oxygens (including phenoxy) is 1. The van der Waals surface area contributed by atoms with E-state index in [9.17, 15) is 0 Å². The molecule has 0 aliphatic carbocycles. The van der Waals surface area contributed by atoms with E-state index in [0.29, 0.717) is 17.1 Å². The average molecular weight is 400 g/mol. The molecule has 3 rings (SSSR count). The largest absolute Gasteiger partial charge is 0.497 e. The number of rotatable bonds is 8.